The number of aromatic hydroxyl groups is 3. The fourth-order valence-corrected chi connectivity index (χ4v) is 29.4. The van der Waals surface area contributed by atoms with Gasteiger partial charge in [0.15, 0.2) is 56.9 Å². The van der Waals surface area contributed by atoms with E-state index < -0.39 is 85.7 Å². The van der Waals surface area contributed by atoms with Crippen molar-refractivity contribution in [3.63, 3.8) is 0 Å². The molecule has 149 heavy (non-hydrogen) atoms. The summed E-state index contributed by atoms with van der Waals surface area (Å²) in [5.41, 5.74) is 16.0. The predicted molar refractivity (Wildman–Crippen MR) is 587 cm³/mol. The zero-order valence-corrected chi connectivity index (χ0v) is 95.2. The summed E-state index contributed by atoms with van der Waals surface area (Å²) in [6.07, 6.45) is -1.52. The molecule has 2 fully saturated rings. The van der Waals surface area contributed by atoms with E-state index in [1.807, 2.05) is 78.2 Å². The fraction of sp³-hybridized carbons (Fsp3) is 0.534. The van der Waals surface area contributed by atoms with E-state index in [0.29, 0.717) is 178 Å². The van der Waals surface area contributed by atoms with Crippen LogP contribution >= 0.6 is 0 Å². The number of ether oxygens (including phenoxy) is 12. The van der Waals surface area contributed by atoms with Crippen LogP contribution in [-0.2, 0) is 53.5 Å². The zero-order chi connectivity index (χ0) is 108. The van der Waals surface area contributed by atoms with Crippen LogP contribution in [0.25, 0.3) is 41.6 Å². The monoisotopic (exact) mass is 2090 g/mol. The van der Waals surface area contributed by atoms with Crippen LogP contribution < -0.4 is 53.0 Å². The summed E-state index contributed by atoms with van der Waals surface area (Å²) in [6, 6.07) is 30.8. The highest BCUT2D eigenvalue weighted by Gasteiger charge is 2.56. The quantitative estimate of drug-likeness (QED) is 0.0176. The summed E-state index contributed by atoms with van der Waals surface area (Å²) in [7, 11) is 5.79. The molecule has 0 spiro atoms. The Morgan fingerprint density at radius 2 is 0.792 bits per heavy atom. The SMILES string of the molecule is [C-]#[N+]CN1C(C(Cc2cc(O)c(OC)c(C)c2OC)NC(=O)OCC2c3ccccc3-c3ccccc32)c2c(O)c(OC)c(C)c(OC)c2CC1[C@@H]([N+]#[C-])N1CCO[C@@H](CCO[Si](C)(C(C)C)C(C)C)C1.[C-]#[N+]CN1C(C(Cc2cc(O[Si](C)(C)C(C)(C)C)c(OC)c(C)c2OC)NC(=O)OCC2c3ccccc3-c3ccccc32)c2c(O)c(OC)c(C)c(OC)c2CC1[C@@H]([N+]#[C-])N1CCO[C@@H](CCO[Si](C)(C(C)C)C(C)C)C1. The Morgan fingerprint density at radius 1 is 0.463 bits per heavy atom. The first-order chi connectivity index (χ1) is 71.1. The van der Waals surface area contributed by atoms with Gasteiger partial charge in [0.05, 0.1) is 106 Å². The molecule has 0 aromatic heterocycles. The second kappa shape index (κ2) is 49.1. The van der Waals surface area contributed by atoms with E-state index in [0.717, 1.165) is 44.5 Å². The number of carbonyl (C=O) groups excluding carboxylic acids is 2. The Bertz CT molecular complexity index is 6160. The minimum absolute atomic E-state index is 0.00629. The molecule has 2 saturated heterocycles. The van der Waals surface area contributed by atoms with Crippen molar-refractivity contribution in [1.29, 1.82) is 0 Å². The second-order valence-corrected chi connectivity index (χ2v) is 57.8. The second-order valence-electron chi connectivity index (χ2n) is 43.1. The van der Waals surface area contributed by atoms with Crippen LogP contribution in [0.4, 0.5) is 9.59 Å². The molecular formula is C116H156N10O20Si3. The molecule has 2 amide bonds. The van der Waals surface area contributed by atoms with Crippen LogP contribution in [0.5, 0.6) is 69.0 Å². The average Bonchev–Trinajstić information content (AvgIpc) is 1.60. The van der Waals surface area contributed by atoms with Gasteiger partial charge in [-0.05, 0) is 163 Å². The van der Waals surface area contributed by atoms with E-state index >= 15 is 4.79 Å². The number of nitrogens with zero attached hydrogens (tertiary/aromatic N) is 8. The van der Waals surface area contributed by atoms with Crippen molar-refractivity contribution in [2.75, 3.05) is 136 Å². The Kier molecular flexibility index (Phi) is 37.7. The molecule has 8 aromatic rings. The minimum Gasteiger partial charge on any atom is -0.541 e. The van der Waals surface area contributed by atoms with E-state index in [1.165, 1.54) is 28.4 Å². The van der Waals surface area contributed by atoms with Crippen molar-refractivity contribution in [3.8, 4) is 91.2 Å². The minimum atomic E-state index is -2.48. The number of hydrogen-bond acceptors (Lipinski definition) is 24. The van der Waals surface area contributed by atoms with Gasteiger partial charge in [-0.3, -0.25) is 19.4 Å². The molecule has 802 valence electrons. The Balaban J connectivity index is 0.000000250. The van der Waals surface area contributed by atoms with E-state index in [4.69, 9.17) is 96.4 Å². The van der Waals surface area contributed by atoms with Crippen molar-refractivity contribution in [1.82, 2.24) is 30.2 Å². The third-order valence-electron chi connectivity index (χ3n) is 33.0. The van der Waals surface area contributed by atoms with Crippen LogP contribution in [0.3, 0.4) is 0 Å². The van der Waals surface area contributed by atoms with Crippen LogP contribution in [-0.4, -0.2) is 257 Å². The van der Waals surface area contributed by atoms with Gasteiger partial charge in [-0.1, -0.05) is 173 Å². The molecule has 33 heteroatoms. The zero-order valence-electron chi connectivity index (χ0n) is 92.2. The molecule has 14 rings (SSSR count). The highest BCUT2D eigenvalue weighted by Crippen LogP contribution is 2.58. The predicted octanol–water partition coefficient (Wildman–Crippen LogP) is 22.3. The number of rotatable bonds is 40. The fourth-order valence-electron chi connectivity index (χ4n) is 23.3. The van der Waals surface area contributed by atoms with Gasteiger partial charge >= 0.3 is 12.2 Å². The van der Waals surface area contributed by atoms with Gasteiger partial charge in [-0.2, -0.15) is 0 Å². The molecule has 2 aliphatic carbocycles. The summed E-state index contributed by atoms with van der Waals surface area (Å²) < 4.78 is 94.0. The lowest BCUT2D eigenvalue weighted by molar-refractivity contribution is -0.0613. The first kappa shape index (κ1) is 114. The van der Waals surface area contributed by atoms with Crippen LogP contribution in [0.2, 0.25) is 53.4 Å². The number of benzene rings is 8. The molecule has 5 N–H and O–H groups in total. The standard InChI is InChI=1S/C61H85N5O10Si2.C55H71N5O10Si/c1-37(2)78(18,38(3)4)75-29-27-42-34-65(28-30-73-42)59(63-11)50-33-47-52(54(67)58(72-15)40(6)56(47)70-13)53(66(50)36-62-10)49(31-41-32-51(76-77(16,17)61(7,8)9)57(71-14)39(5)55(41)69-12)64-60(68)74-35-48-45-25-21-19-23-43(45)44-24-20-22-26-46(44)48;1-32(2)71(13,33(3)4)70-24-22-37-29-59(23-25-68-37)54(57-8)45-28-42-47(49(62)53(67-12)35(6)51(42)65-10)48(60(45)31-56-7)44(26-36-27-46(61)52(66-11)34(5)50(36)64-9)58-55(63)69-30-43-40-20-16-14-18-38(40)39-19-15-17-21-41(39)43/h19-26,32,37-38,42,48-50,53,59,67H,27-31,33-36H2,1-9,12-18H3,(H,64,68);14-21,27,32-33,37,43-45,48,54,61-62H,22-26,28-31H2,1-6,9-13H3,(H,58,63)/t42-,49?,50?,53?,59-;37-,44?,45?,48?,54-/m00/s1. The number of phenols is 3. The van der Waals surface area contributed by atoms with Crippen LogP contribution in [0.15, 0.2) is 109 Å². The number of methoxy groups -OCH3 is 8. The highest BCUT2D eigenvalue weighted by molar-refractivity contribution is 6.76. The van der Waals surface area contributed by atoms with Crippen molar-refractivity contribution in [3.05, 3.63) is 233 Å². The van der Waals surface area contributed by atoms with Crippen molar-refractivity contribution in [2.45, 2.75) is 268 Å². The van der Waals surface area contributed by atoms with Crippen molar-refractivity contribution < 1.29 is 95.0 Å². The lowest BCUT2D eigenvalue weighted by atomic mass is 9.79. The van der Waals surface area contributed by atoms with Crippen LogP contribution in [0.1, 0.15) is 191 Å². The number of hydrogen-bond donors (Lipinski definition) is 5. The number of phenolic OH excluding ortho intramolecular Hbond substituents is 3. The van der Waals surface area contributed by atoms with E-state index in [9.17, 15) is 20.1 Å². The summed E-state index contributed by atoms with van der Waals surface area (Å²) in [5.74, 6) is 2.67. The maximum Gasteiger partial charge on any atom is 0.407 e. The molecule has 6 unspecified atom stereocenters. The van der Waals surface area contributed by atoms with E-state index in [-0.39, 0.29) is 116 Å². The van der Waals surface area contributed by atoms with Crippen molar-refractivity contribution in [2.24, 2.45) is 0 Å². The normalized spacial score (nSPS) is 18.8. The summed E-state index contributed by atoms with van der Waals surface area (Å²) in [4.78, 5) is 54.7. The number of carbonyl (C=O) groups is 2. The third-order valence-corrected chi connectivity index (χ3v) is 48.2. The van der Waals surface area contributed by atoms with Gasteiger partial charge in [-0.15, -0.1) is 0 Å². The number of amides is 2. The molecule has 0 radical (unpaired) electrons. The summed E-state index contributed by atoms with van der Waals surface area (Å²) in [6.45, 7) is 79.2. The smallest absolute Gasteiger partial charge is 0.407 e. The molecule has 10 atom stereocenters. The molecule has 4 aliphatic heterocycles. The topological polar surface area (TPSA) is 288 Å². The molecular weight excluding hydrogens is 1940 g/mol. The number of fused-ring (bicyclic) bond motifs is 8. The Labute approximate surface area is 885 Å². The first-order valence-corrected chi connectivity index (χ1v) is 60.1. The van der Waals surface area contributed by atoms with Gasteiger partial charge in [-0.25, -0.2) is 55.5 Å². The van der Waals surface area contributed by atoms with Crippen molar-refractivity contribution >= 4 is 37.1 Å². The van der Waals surface area contributed by atoms with Crippen LogP contribution in [0, 0.1) is 54.0 Å². The summed E-state index contributed by atoms with van der Waals surface area (Å²) in [5, 5.41) is 42.9. The molecule has 8 aromatic carbocycles. The third kappa shape index (κ3) is 23.3. The Hall–Kier alpha value is -11.8. The number of nitrogens with one attached hydrogen (secondary N) is 2. The van der Waals surface area contributed by atoms with E-state index in [2.05, 4.69) is 191 Å². The lowest BCUT2D eigenvalue weighted by Gasteiger charge is -2.46. The molecule has 4 heterocycles. The van der Waals surface area contributed by atoms with Gasteiger partial charge < -0.3 is 96.1 Å². The largest absolute Gasteiger partial charge is 0.541 e. The maximum absolute atomic E-state index is 15.0. The first-order valence-electron chi connectivity index (χ1n) is 52.0. The summed E-state index contributed by atoms with van der Waals surface area (Å²) >= 11 is 0. The van der Waals surface area contributed by atoms with Gasteiger partial charge in [0, 0.05) is 120 Å². The Morgan fingerprint density at radius 3 is 1.11 bits per heavy atom. The molecule has 6 aliphatic rings. The maximum atomic E-state index is 15.0. The average molecular weight is 2090 g/mol. The molecule has 30 nitrogen and oxygen atoms in total. The van der Waals surface area contributed by atoms with Gasteiger partial charge in [0.2, 0.25) is 0 Å². The lowest BCUT2D eigenvalue weighted by Crippen LogP contribution is -2.61. The number of alkyl carbamates (subject to hydrolysis) is 2. The van der Waals surface area contributed by atoms with Gasteiger partial charge in [0.25, 0.3) is 34.0 Å². The molecule has 0 bridgehead atoms. The van der Waals surface area contributed by atoms with Gasteiger partial charge in [0.1, 0.15) is 54.0 Å². The van der Waals surface area contributed by atoms with E-state index in [1.54, 1.807) is 48.4 Å². The highest BCUT2D eigenvalue weighted by atomic mass is 28.4. The number of morpholine rings is 2. The molecule has 0 saturated carbocycles.